The molecule has 0 radical (unpaired) electrons. The van der Waals surface area contributed by atoms with E-state index in [2.05, 4.69) is 15.9 Å². The van der Waals surface area contributed by atoms with E-state index in [4.69, 9.17) is 0 Å². The van der Waals surface area contributed by atoms with Crippen molar-refractivity contribution in [2.24, 2.45) is 0 Å². The van der Waals surface area contributed by atoms with E-state index in [1.165, 1.54) is 12.1 Å². The van der Waals surface area contributed by atoms with E-state index in [0.29, 0.717) is 0 Å². The van der Waals surface area contributed by atoms with Gasteiger partial charge < -0.3 is 5.11 Å². The molecule has 0 fully saturated rings. The molecule has 0 heterocycles. The fourth-order valence-corrected chi connectivity index (χ4v) is 0.845. The molecule has 0 saturated carbocycles. The van der Waals surface area contributed by atoms with E-state index in [0.717, 1.165) is 4.47 Å². The summed E-state index contributed by atoms with van der Waals surface area (Å²) in [6, 6.07) is 6.58. The van der Waals surface area contributed by atoms with Crippen LogP contribution in [0.5, 0.6) is 5.75 Å². The number of hydrogen-bond acceptors (Lipinski definition) is 1. The maximum absolute atomic E-state index is 10.5. The number of hydrogen-bond donors (Lipinski definition) is 0. The minimum atomic E-state index is 0. The van der Waals surface area contributed by atoms with Crippen molar-refractivity contribution < 1.29 is 34.7 Å². The Kier molecular flexibility index (Phi) is 4.58. The predicted octanol–water partition coefficient (Wildman–Crippen LogP) is -1.47. The van der Waals surface area contributed by atoms with Crippen LogP contribution in [0.15, 0.2) is 28.7 Å². The van der Waals surface area contributed by atoms with Gasteiger partial charge in [0, 0.05) is 4.47 Å². The summed E-state index contributed by atoms with van der Waals surface area (Å²) < 4.78 is 0.838. The molecule has 1 rings (SSSR count). The van der Waals surface area contributed by atoms with E-state index in [1.807, 2.05) is 6.07 Å². The topological polar surface area (TPSA) is 23.1 Å². The van der Waals surface area contributed by atoms with Gasteiger partial charge in [-0.25, -0.2) is 0 Å². The standard InChI is InChI=1S/C6H5BrO.Na/c7-5-2-1-3-6(8)4-5;/h1-4,8H;/q;+1/p-1. The molecule has 0 saturated heterocycles. The van der Waals surface area contributed by atoms with E-state index in [9.17, 15) is 5.11 Å². The Morgan fingerprint density at radius 1 is 1.33 bits per heavy atom. The second-order valence-electron chi connectivity index (χ2n) is 1.46. The largest absolute Gasteiger partial charge is 1.00 e. The van der Waals surface area contributed by atoms with Gasteiger partial charge in [-0.1, -0.05) is 34.1 Å². The zero-order chi connectivity index (χ0) is 5.98. The van der Waals surface area contributed by atoms with Gasteiger partial charge in [0.25, 0.3) is 0 Å². The maximum Gasteiger partial charge on any atom is 1.00 e. The molecule has 1 aromatic carbocycles. The number of rotatable bonds is 0. The predicted molar refractivity (Wildman–Crippen MR) is 33.6 cm³/mol. The van der Waals surface area contributed by atoms with Gasteiger partial charge in [-0.2, -0.15) is 0 Å². The summed E-state index contributed by atoms with van der Waals surface area (Å²) >= 11 is 3.16. The van der Waals surface area contributed by atoms with E-state index in [-0.39, 0.29) is 35.3 Å². The molecule has 0 bridgehead atoms. The fourth-order valence-electron chi connectivity index (χ4n) is 0.467. The summed E-state index contributed by atoms with van der Waals surface area (Å²) in [5, 5.41) is 10.5. The van der Waals surface area contributed by atoms with Crippen molar-refractivity contribution in [1.29, 1.82) is 0 Å². The Bertz CT molecular complexity index is 173. The van der Waals surface area contributed by atoms with Crippen molar-refractivity contribution in [3.63, 3.8) is 0 Å². The SMILES string of the molecule is [Na+].[O-]c1cccc(Br)c1. The minimum absolute atomic E-state index is 0. The second kappa shape index (κ2) is 4.34. The van der Waals surface area contributed by atoms with E-state index in [1.54, 1.807) is 6.07 Å². The first-order valence-corrected chi connectivity index (χ1v) is 3.01. The van der Waals surface area contributed by atoms with E-state index >= 15 is 0 Å². The van der Waals surface area contributed by atoms with Crippen molar-refractivity contribution in [3.05, 3.63) is 28.7 Å². The molecule has 0 aromatic heterocycles. The molecule has 0 amide bonds. The summed E-state index contributed by atoms with van der Waals surface area (Å²) in [6.07, 6.45) is 0. The molecule has 9 heavy (non-hydrogen) atoms. The average Bonchev–Trinajstić information content (AvgIpc) is 1.64. The zero-order valence-corrected chi connectivity index (χ0v) is 8.68. The molecule has 0 unspecified atom stereocenters. The summed E-state index contributed by atoms with van der Waals surface area (Å²) in [4.78, 5) is 0. The average molecular weight is 195 g/mol. The quantitative estimate of drug-likeness (QED) is 0.463. The van der Waals surface area contributed by atoms with Crippen LogP contribution in [0.1, 0.15) is 0 Å². The van der Waals surface area contributed by atoms with Gasteiger partial charge in [0.1, 0.15) is 0 Å². The Balaban J connectivity index is 0.000000640. The maximum atomic E-state index is 10.5. The molecule has 0 N–H and O–H groups in total. The van der Waals surface area contributed by atoms with Gasteiger partial charge in [-0.15, -0.1) is 5.75 Å². The van der Waals surface area contributed by atoms with E-state index < -0.39 is 0 Å². The van der Waals surface area contributed by atoms with Crippen LogP contribution in [-0.2, 0) is 0 Å². The van der Waals surface area contributed by atoms with Gasteiger partial charge in [-0.05, 0) is 6.07 Å². The molecular formula is C6H4BrNaO. The van der Waals surface area contributed by atoms with Crippen molar-refractivity contribution in [2.45, 2.75) is 0 Å². The van der Waals surface area contributed by atoms with Crippen molar-refractivity contribution in [2.75, 3.05) is 0 Å². The fraction of sp³-hybridized carbons (Fsp3) is 0. The smallest absolute Gasteiger partial charge is 0.872 e. The first kappa shape index (κ1) is 9.50. The zero-order valence-electron chi connectivity index (χ0n) is 5.10. The third-order valence-electron chi connectivity index (χ3n) is 0.796. The first-order chi connectivity index (χ1) is 3.79. The Labute approximate surface area is 84.5 Å². The molecular weight excluding hydrogens is 191 g/mol. The van der Waals surface area contributed by atoms with Crippen molar-refractivity contribution >= 4 is 15.9 Å². The number of halogens is 1. The van der Waals surface area contributed by atoms with Crippen LogP contribution in [-0.4, -0.2) is 0 Å². The Morgan fingerprint density at radius 2 is 2.00 bits per heavy atom. The molecule has 0 atom stereocenters. The summed E-state index contributed by atoms with van der Waals surface area (Å²) in [7, 11) is 0. The van der Waals surface area contributed by atoms with Gasteiger partial charge in [0.2, 0.25) is 0 Å². The normalized spacial score (nSPS) is 8.11. The van der Waals surface area contributed by atoms with Crippen LogP contribution in [0.2, 0.25) is 0 Å². The van der Waals surface area contributed by atoms with Gasteiger partial charge in [0.05, 0.1) is 0 Å². The van der Waals surface area contributed by atoms with Gasteiger partial charge in [0.15, 0.2) is 0 Å². The van der Waals surface area contributed by atoms with Crippen LogP contribution in [0, 0.1) is 0 Å². The summed E-state index contributed by atoms with van der Waals surface area (Å²) in [5.74, 6) is 0.0411. The molecule has 0 aliphatic carbocycles. The molecule has 0 aliphatic rings. The van der Waals surface area contributed by atoms with Crippen LogP contribution in [0.4, 0.5) is 0 Å². The van der Waals surface area contributed by atoms with Crippen molar-refractivity contribution in [3.8, 4) is 5.75 Å². The van der Waals surface area contributed by atoms with Crippen molar-refractivity contribution in [1.82, 2.24) is 0 Å². The Hall–Kier alpha value is 0.500. The molecule has 3 heteroatoms. The third kappa shape index (κ3) is 3.26. The second-order valence-corrected chi connectivity index (χ2v) is 2.37. The minimum Gasteiger partial charge on any atom is -0.872 e. The monoisotopic (exact) mass is 194 g/mol. The molecule has 1 nitrogen and oxygen atoms in total. The molecule has 42 valence electrons. The Morgan fingerprint density at radius 3 is 2.33 bits per heavy atom. The molecule has 0 spiro atoms. The van der Waals surface area contributed by atoms with Crippen LogP contribution in [0.3, 0.4) is 0 Å². The summed E-state index contributed by atoms with van der Waals surface area (Å²) in [5.41, 5.74) is 0. The number of benzene rings is 1. The molecule has 0 aliphatic heterocycles. The first-order valence-electron chi connectivity index (χ1n) is 2.21. The molecule has 1 aromatic rings. The third-order valence-corrected chi connectivity index (χ3v) is 1.29. The van der Waals surface area contributed by atoms with Crippen LogP contribution < -0.4 is 34.7 Å². The van der Waals surface area contributed by atoms with Gasteiger partial charge in [-0.3, -0.25) is 0 Å². The van der Waals surface area contributed by atoms with Crippen LogP contribution in [0.25, 0.3) is 0 Å². The van der Waals surface area contributed by atoms with Gasteiger partial charge >= 0.3 is 29.6 Å². The van der Waals surface area contributed by atoms with Crippen LogP contribution >= 0.6 is 15.9 Å². The summed E-state index contributed by atoms with van der Waals surface area (Å²) in [6.45, 7) is 0.